The van der Waals surface area contributed by atoms with Crippen LogP contribution in [-0.4, -0.2) is 38.6 Å². The fourth-order valence-corrected chi connectivity index (χ4v) is 5.40. The molecule has 198 valence electrons. The highest BCUT2D eigenvalue weighted by atomic mass is 16.5. The zero-order valence-corrected chi connectivity index (χ0v) is 23.3. The molecular weight excluding hydrogens is 448 g/mol. The van der Waals surface area contributed by atoms with Crippen LogP contribution >= 0.6 is 0 Å². The molecule has 2 aliphatic heterocycles. The van der Waals surface area contributed by atoms with Crippen molar-refractivity contribution in [2.75, 3.05) is 33.0 Å². The van der Waals surface area contributed by atoms with Gasteiger partial charge in [0.1, 0.15) is 0 Å². The van der Waals surface area contributed by atoms with E-state index < -0.39 is 0 Å². The lowest BCUT2D eigenvalue weighted by atomic mass is 9.67. The molecular formula is C32H46O4. The summed E-state index contributed by atoms with van der Waals surface area (Å²) in [6.07, 6.45) is 4.10. The molecule has 2 saturated heterocycles. The maximum atomic E-state index is 6.54. The highest BCUT2D eigenvalue weighted by Crippen LogP contribution is 2.46. The maximum Gasteiger partial charge on any atom is 0.0901 e. The Bertz CT molecular complexity index is 963. The zero-order chi connectivity index (χ0) is 25.9. The molecule has 0 saturated carbocycles. The fourth-order valence-electron chi connectivity index (χ4n) is 5.40. The van der Waals surface area contributed by atoms with Gasteiger partial charge in [-0.05, 0) is 61.8 Å². The van der Waals surface area contributed by atoms with Crippen LogP contribution in [0.3, 0.4) is 0 Å². The van der Waals surface area contributed by atoms with Crippen molar-refractivity contribution in [2.45, 2.75) is 85.0 Å². The van der Waals surface area contributed by atoms with Crippen LogP contribution in [0.4, 0.5) is 0 Å². The molecule has 2 aromatic rings. The van der Waals surface area contributed by atoms with Gasteiger partial charge >= 0.3 is 0 Å². The van der Waals surface area contributed by atoms with Gasteiger partial charge in [-0.1, -0.05) is 76.2 Å². The summed E-state index contributed by atoms with van der Waals surface area (Å²) < 4.78 is 24.1. The minimum atomic E-state index is -0.287. The number of rotatable bonds is 13. The topological polar surface area (TPSA) is 36.9 Å². The summed E-state index contributed by atoms with van der Waals surface area (Å²) in [6, 6.07) is 17.7. The zero-order valence-electron chi connectivity index (χ0n) is 23.3. The van der Waals surface area contributed by atoms with Gasteiger partial charge in [-0.15, -0.1) is 0 Å². The summed E-state index contributed by atoms with van der Waals surface area (Å²) >= 11 is 0. The Kier molecular flexibility index (Phi) is 8.31. The van der Waals surface area contributed by atoms with Gasteiger partial charge in [-0.3, -0.25) is 0 Å². The van der Waals surface area contributed by atoms with Gasteiger partial charge in [0, 0.05) is 10.8 Å². The van der Waals surface area contributed by atoms with Gasteiger partial charge < -0.3 is 18.9 Å². The molecule has 2 aromatic carbocycles. The molecule has 4 rings (SSSR count). The minimum Gasteiger partial charge on any atom is -0.380 e. The van der Waals surface area contributed by atoms with Crippen molar-refractivity contribution in [2.24, 2.45) is 10.8 Å². The van der Waals surface area contributed by atoms with E-state index in [9.17, 15) is 0 Å². The third kappa shape index (κ3) is 5.15. The molecule has 2 unspecified atom stereocenters. The lowest BCUT2D eigenvalue weighted by Gasteiger charge is -2.53. The van der Waals surface area contributed by atoms with Crippen molar-refractivity contribution in [1.29, 1.82) is 0 Å². The highest BCUT2D eigenvalue weighted by Gasteiger charge is 2.52. The van der Waals surface area contributed by atoms with E-state index in [4.69, 9.17) is 18.9 Å². The predicted molar refractivity (Wildman–Crippen MR) is 146 cm³/mol. The quantitative estimate of drug-likeness (QED) is 0.288. The third-order valence-electron chi connectivity index (χ3n) is 9.51. The second kappa shape index (κ2) is 10.9. The van der Waals surface area contributed by atoms with Gasteiger partial charge in [0.15, 0.2) is 0 Å². The second-order valence-corrected chi connectivity index (χ2v) is 11.5. The normalized spacial score (nSPS) is 21.6. The third-order valence-corrected chi connectivity index (χ3v) is 9.51. The Morgan fingerprint density at radius 1 is 0.722 bits per heavy atom. The van der Waals surface area contributed by atoms with E-state index >= 15 is 0 Å². The van der Waals surface area contributed by atoms with Crippen molar-refractivity contribution in [3.05, 3.63) is 59.7 Å². The summed E-state index contributed by atoms with van der Waals surface area (Å²) in [6.45, 7) is 18.0. The van der Waals surface area contributed by atoms with Crippen LogP contribution in [0.1, 0.15) is 78.4 Å². The maximum absolute atomic E-state index is 6.54. The molecule has 4 nitrogen and oxygen atoms in total. The molecule has 0 bridgehead atoms. The summed E-state index contributed by atoms with van der Waals surface area (Å²) in [5, 5.41) is 0. The molecule has 0 N–H and O–H groups in total. The van der Waals surface area contributed by atoms with E-state index in [0.717, 1.165) is 58.7 Å². The first-order chi connectivity index (χ1) is 17.3. The van der Waals surface area contributed by atoms with Crippen LogP contribution < -0.4 is 0 Å². The van der Waals surface area contributed by atoms with Crippen molar-refractivity contribution in [1.82, 2.24) is 0 Å². The number of benzene rings is 2. The predicted octanol–water partition coefficient (Wildman–Crippen LogP) is 7.53. The molecule has 2 fully saturated rings. The number of ether oxygens (including phenoxy) is 4. The molecule has 0 aliphatic carbocycles. The Labute approximate surface area is 218 Å². The van der Waals surface area contributed by atoms with E-state index in [1.54, 1.807) is 0 Å². The summed E-state index contributed by atoms with van der Waals surface area (Å²) in [4.78, 5) is 0. The Hall–Kier alpha value is -1.72. The van der Waals surface area contributed by atoms with Gasteiger partial charge in [0.05, 0.1) is 50.8 Å². The first kappa shape index (κ1) is 27.3. The fraction of sp³-hybridized carbons (Fsp3) is 0.625. The summed E-state index contributed by atoms with van der Waals surface area (Å²) in [5.41, 5.74) is 4.76. The van der Waals surface area contributed by atoms with Crippen LogP contribution in [-0.2, 0) is 31.2 Å². The highest BCUT2D eigenvalue weighted by molar-refractivity contribution is 5.64. The number of hydrogen-bond acceptors (Lipinski definition) is 4. The van der Waals surface area contributed by atoms with Crippen LogP contribution in [0.25, 0.3) is 11.1 Å². The molecule has 0 spiro atoms. The molecule has 2 heterocycles. The largest absolute Gasteiger partial charge is 0.380 e. The first-order valence-electron chi connectivity index (χ1n) is 13.9. The number of hydrogen-bond donors (Lipinski definition) is 0. The molecule has 4 heteroatoms. The Balaban J connectivity index is 1.39. The van der Waals surface area contributed by atoms with E-state index in [1.807, 2.05) is 0 Å². The Morgan fingerprint density at radius 3 is 1.72 bits per heavy atom. The van der Waals surface area contributed by atoms with Gasteiger partial charge in [-0.2, -0.15) is 0 Å². The van der Waals surface area contributed by atoms with Crippen LogP contribution in [0.2, 0.25) is 0 Å². The van der Waals surface area contributed by atoms with E-state index in [2.05, 4.69) is 90.1 Å². The molecule has 2 aliphatic rings. The standard InChI is InChI=1S/C32H46O4/c1-7-29(5,36-22-31(9-3)20-33-21-31)28-17-15-27(16-18-28)26-13-11-25(12-14-26)19-35-30(6,8-2)32(10-4)23-34-24-32/h11-18H,7-10,19-24H2,1-6H3. The summed E-state index contributed by atoms with van der Waals surface area (Å²) in [5.74, 6) is 0. The van der Waals surface area contributed by atoms with E-state index in [1.165, 1.54) is 22.3 Å². The average molecular weight is 495 g/mol. The van der Waals surface area contributed by atoms with Gasteiger partial charge in [0.2, 0.25) is 0 Å². The average Bonchev–Trinajstić information content (AvgIpc) is 2.87. The van der Waals surface area contributed by atoms with Crippen molar-refractivity contribution < 1.29 is 18.9 Å². The summed E-state index contributed by atoms with van der Waals surface area (Å²) in [7, 11) is 0. The van der Waals surface area contributed by atoms with Crippen LogP contribution in [0, 0.1) is 10.8 Å². The molecule has 36 heavy (non-hydrogen) atoms. The van der Waals surface area contributed by atoms with Crippen molar-refractivity contribution >= 4 is 0 Å². The van der Waals surface area contributed by atoms with E-state index in [-0.39, 0.29) is 22.0 Å². The van der Waals surface area contributed by atoms with Crippen LogP contribution in [0.5, 0.6) is 0 Å². The smallest absolute Gasteiger partial charge is 0.0901 e. The van der Waals surface area contributed by atoms with Gasteiger partial charge in [-0.25, -0.2) is 0 Å². The lowest BCUT2D eigenvalue weighted by molar-refractivity contribution is -0.241. The molecule has 2 atom stereocenters. The van der Waals surface area contributed by atoms with E-state index in [0.29, 0.717) is 6.61 Å². The van der Waals surface area contributed by atoms with Crippen LogP contribution in [0.15, 0.2) is 48.5 Å². The second-order valence-electron chi connectivity index (χ2n) is 11.5. The monoisotopic (exact) mass is 494 g/mol. The molecule has 0 amide bonds. The first-order valence-corrected chi connectivity index (χ1v) is 13.9. The lowest BCUT2D eigenvalue weighted by Crippen LogP contribution is -2.59. The minimum absolute atomic E-state index is 0.142. The van der Waals surface area contributed by atoms with Crippen molar-refractivity contribution in [3.8, 4) is 11.1 Å². The van der Waals surface area contributed by atoms with Crippen molar-refractivity contribution in [3.63, 3.8) is 0 Å². The molecule has 0 radical (unpaired) electrons. The Morgan fingerprint density at radius 2 is 1.31 bits per heavy atom. The SMILES string of the molecule is CCC1(COC(C)(CC)c2ccc(-c3ccc(COC(C)(CC)C4(CC)COC4)cc3)cc2)COC1. The molecule has 0 aromatic heterocycles. The van der Waals surface area contributed by atoms with Gasteiger partial charge in [0.25, 0.3) is 0 Å².